The zero-order valence-electron chi connectivity index (χ0n) is 17.0. The number of alkyl carbamates (subject to hydrolysis) is 2. The van der Waals surface area contributed by atoms with Crippen LogP contribution in [0, 0.1) is 0 Å². The van der Waals surface area contributed by atoms with E-state index < -0.39 is 24.2 Å². The molecule has 14 nitrogen and oxygen atoms in total. The molecule has 0 aromatic carbocycles. The minimum Gasteiger partial charge on any atom is -0.464 e. The van der Waals surface area contributed by atoms with E-state index in [0.717, 1.165) is 0 Å². The molecule has 30 heavy (non-hydrogen) atoms. The predicted molar refractivity (Wildman–Crippen MR) is 105 cm³/mol. The van der Waals surface area contributed by atoms with Crippen LogP contribution in [0.4, 0.5) is 9.59 Å². The summed E-state index contributed by atoms with van der Waals surface area (Å²) < 4.78 is 14.8. The summed E-state index contributed by atoms with van der Waals surface area (Å²) in [5.74, 6) is -0.573. The Labute approximate surface area is 173 Å². The molecule has 0 aromatic rings. The number of hydrogen-bond donors (Lipinski definition) is 2. The maximum atomic E-state index is 12.0. The summed E-state index contributed by atoms with van der Waals surface area (Å²) in [6, 6.07) is -0.873. The van der Waals surface area contributed by atoms with Gasteiger partial charge in [0.05, 0.1) is 19.8 Å². The van der Waals surface area contributed by atoms with Crippen LogP contribution < -0.4 is 10.6 Å². The van der Waals surface area contributed by atoms with Gasteiger partial charge in [-0.1, -0.05) is 10.2 Å². The molecule has 0 radical (unpaired) electrons. The van der Waals surface area contributed by atoms with Crippen LogP contribution >= 0.6 is 0 Å². The van der Waals surface area contributed by atoms with E-state index in [0.29, 0.717) is 38.6 Å². The molecular formula is C16H28N8O6. The molecule has 2 amide bonds. The second-order valence-corrected chi connectivity index (χ2v) is 5.76. The predicted octanol–water partition coefficient (Wildman–Crippen LogP) is 2.94. The Kier molecular flexibility index (Phi) is 16.8. The highest BCUT2D eigenvalue weighted by molar-refractivity contribution is 5.81. The van der Waals surface area contributed by atoms with E-state index in [4.69, 9.17) is 25.3 Å². The number of esters is 1. The number of unbranched alkanes of at least 4 members (excludes halogenated alkanes) is 1. The topological polar surface area (TPSA) is 200 Å². The zero-order valence-corrected chi connectivity index (χ0v) is 17.0. The Morgan fingerprint density at radius 2 is 1.50 bits per heavy atom. The number of carbonyl (C=O) groups excluding carboxylic acids is 3. The van der Waals surface area contributed by atoms with Crippen molar-refractivity contribution in [3.63, 3.8) is 0 Å². The molecule has 1 atom stereocenters. The van der Waals surface area contributed by atoms with Gasteiger partial charge in [0, 0.05) is 29.5 Å². The maximum absolute atomic E-state index is 12.0. The van der Waals surface area contributed by atoms with Gasteiger partial charge in [-0.05, 0) is 50.1 Å². The van der Waals surface area contributed by atoms with Crippen LogP contribution in [0.15, 0.2) is 10.2 Å². The first-order chi connectivity index (χ1) is 14.5. The average Bonchev–Trinajstić information content (AvgIpc) is 2.72. The molecular weight excluding hydrogens is 400 g/mol. The normalized spacial score (nSPS) is 10.6. The lowest BCUT2D eigenvalue weighted by Gasteiger charge is -2.17. The van der Waals surface area contributed by atoms with Crippen molar-refractivity contribution < 1.29 is 28.6 Å². The molecule has 0 aliphatic carbocycles. The average molecular weight is 428 g/mol. The molecule has 0 unspecified atom stereocenters. The van der Waals surface area contributed by atoms with E-state index in [1.807, 2.05) is 0 Å². The molecule has 14 heteroatoms. The number of carbonyl (C=O) groups is 3. The van der Waals surface area contributed by atoms with E-state index >= 15 is 0 Å². The third-order valence-electron chi connectivity index (χ3n) is 3.45. The number of ether oxygens (including phenoxy) is 3. The Hall–Kier alpha value is -3.37. The summed E-state index contributed by atoms with van der Waals surface area (Å²) in [7, 11) is 0. The fraction of sp³-hybridized carbons (Fsp3) is 0.812. The quantitative estimate of drug-likeness (QED) is 0.0944. The van der Waals surface area contributed by atoms with Gasteiger partial charge in [-0.2, -0.15) is 0 Å². The summed E-state index contributed by atoms with van der Waals surface area (Å²) in [5.41, 5.74) is 16.3. The van der Waals surface area contributed by atoms with Gasteiger partial charge < -0.3 is 24.8 Å². The number of nitrogens with zero attached hydrogens (tertiary/aromatic N) is 6. The highest BCUT2D eigenvalue weighted by Crippen LogP contribution is 2.04. The third kappa shape index (κ3) is 15.7. The van der Waals surface area contributed by atoms with Crippen LogP contribution in [0.5, 0.6) is 0 Å². The number of nitrogens with one attached hydrogen (secondary N) is 2. The summed E-state index contributed by atoms with van der Waals surface area (Å²) in [6.07, 6.45) is 0.831. The van der Waals surface area contributed by atoms with E-state index in [9.17, 15) is 14.4 Å². The molecule has 0 spiro atoms. The maximum Gasteiger partial charge on any atom is 0.407 e. The Morgan fingerprint density at radius 3 is 2.07 bits per heavy atom. The molecule has 0 aliphatic rings. The van der Waals surface area contributed by atoms with Crippen LogP contribution in [-0.2, 0) is 19.0 Å². The fourth-order valence-electron chi connectivity index (χ4n) is 2.08. The molecule has 0 bridgehead atoms. The summed E-state index contributed by atoms with van der Waals surface area (Å²) in [6.45, 7) is 2.81. The summed E-state index contributed by atoms with van der Waals surface area (Å²) in [4.78, 5) is 40.4. The van der Waals surface area contributed by atoms with Gasteiger partial charge in [0.25, 0.3) is 0 Å². The first-order valence-corrected chi connectivity index (χ1v) is 9.57. The molecule has 168 valence electrons. The monoisotopic (exact) mass is 428 g/mol. The molecule has 0 rings (SSSR count). The number of rotatable bonds is 16. The lowest BCUT2D eigenvalue weighted by atomic mass is 10.1. The SMILES string of the molecule is CCOC(=O)[C@H](CCCCNC(=O)OCCCN=[N+]=[N-])NC(=O)OCCCN=[N+]=[N-]. The lowest BCUT2D eigenvalue weighted by molar-refractivity contribution is -0.145. The summed E-state index contributed by atoms with van der Waals surface area (Å²) >= 11 is 0. The van der Waals surface area contributed by atoms with Gasteiger partial charge in [0.1, 0.15) is 6.04 Å². The second kappa shape index (κ2) is 19.0. The fourth-order valence-corrected chi connectivity index (χ4v) is 2.08. The van der Waals surface area contributed by atoms with Crippen LogP contribution in [-0.4, -0.2) is 63.7 Å². The van der Waals surface area contributed by atoms with E-state index in [1.54, 1.807) is 6.92 Å². The van der Waals surface area contributed by atoms with Crippen LogP contribution in [0.1, 0.15) is 39.0 Å². The minimum absolute atomic E-state index is 0.0509. The van der Waals surface area contributed by atoms with Gasteiger partial charge in [0.2, 0.25) is 0 Å². The third-order valence-corrected chi connectivity index (χ3v) is 3.45. The standard InChI is InChI=1S/C16H28N8O6/c1-2-28-14(25)13(22-16(27)30-12-6-10-21-24-18)7-3-4-8-19-15(26)29-11-5-9-20-23-17/h13H,2-12H2,1H3,(H,19,26)(H,22,27)/t13-/m0/s1. The minimum atomic E-state index is -0.873. The Balaban J connectivity index is 4.11. The smallest absolute Gasteiger partial charge is 0.407 e. The van der Waals surface area contributed by atoms with Crippen molar-refractivity contribution >= 4 is 18.2 Å². The lowest BCUT2D eigenvalue weighted by Crippen LogP contribution is -2.42. The largest absolute Gasteiger partial charge is 0.464 e. The number of azide groups is 2. The van der Waals surface area contributed by atoms with Crippen LogP contribution in [0.25, 0.3) is 20.9 Å². The van der Waals surface area contributed by atoms with E-state index in [-0.39, 0.29) is 32.9 Å². The van der Waals surface area contributed by atoms with Crippen molar-refractivity contribution in [3.05, 3.63) is 20.9 Å². The van der Waals surface area contributed by atoms with Crippen molar-refractivity contribution in [2.24, 2.45) is 10.2 Å². The highest BCUT2D eigenvalue weighted by Gasteiger charge is 2.22. The molecule has 0 saturated heterocycles. The van der Waals surface area contributed by atoms with Crippen molar-refractivity contribution in [2.75, 3.05) is 39.5 Å². The van der Waals surface area contributed by atoms with E-state index in [1.165, 1.54) is 0 Å². The Bertz CT molecular complexity index is 619. The Morgan fingerprint density at radius 1 is 0.900 bits per heavy atom. The first kappa shape index (κ1) is 26.6. The number of amides is 2. The van der Waals surface area contributed by atoms with Gasteiger partial charge in [-0.3, -0.25) is 0 Å². The van der Waals surface area contributed by atoms with Crippen molar-refractivity contribution in [3.8, 4) is 0 Å². The van der Waals surface area contributed by atoms with E-state index in [2.05, 4.69) is 30.7 Å². The molecule has 0 aromatic heterocycles. The van der Waals surface area contributed by atoms with Crippen LogP contribution in [0.2, 0.25) is 0 Å². The molecule has 0 saturated carbocycles. The van der Waals surface area contributed by atoms with Crippen molar-refractivity contribution in [1.82, 2.24) is 10.6 Å². The van der Waals surface area contributed by atoms with Crippen molar-refractivity contribution in [1.29, 1.82) is 0 Å². The second-order valence-electron chi connectivity index (χ2n) is 5.76. The zero-order chi connectivity index (χ0) is 22.5. The molecule has 0 fully saturated rings. The highest BCUT2D eigenvalue weighted by atomic mass is 16.6. The molecule has 0 aliphatic heterocycles. The van der Waals surface area contributed by atoms with Gasteiger partial charge in [-0.25, -0.2) is 14.4 Å². The van der Waals surface area contributed by atoms with Gasteiger partial charge in [-0.15, -0.1) is 0 Å². The summed E-state index contributed by atoms with van der Waals surface area (Å²) in [5, 5.41) is 11.7. The number of hydrogen-bond acceptors (Lipinski definition) is 8. The molecule has 2 N–H and O–H groups in total. The van der Waals surface area contributed by atoms with Crippen LogP contribution in [0.3, 0.4) is 0 Å². The molecule has 0 heterocycles. The van der Waals surface area contributed by atoms with Crippen molar-refractivity contribution in [2.45, 2.75) is 45.1 Å². The first-order valence-electron chi connectivity index (χ1n) is 9.57. The van der Waals surface area contributed by atoms with Gasteiger partial charge >= 0.3 is 18.2 Å². The van der Waals surface area contributed by atoms with Gasteiger partial charge in [0.15, 0.2) is 0 Å².